The number of nitrogens with two attached hydrogens (primary N) is 1. The molecule has 0 radical (unpaired) electrons. The monoisotopic (exact) mass is 247 g/mol. The predicted octanol–water partition coefficient (Wildman–Crippen LogP) is 2.86. The Morgan fingerprint density at radius 1 is 1.28 bits per heavy atom. The number of aromatic nitrogens is 2. The third-order valence-corrected chi connectivity index (χ3v) is 2.42. The molecule has 1 heterocycles. The van der Waals surface area contributed by atoms with Crippen LogP contribution in [0, 0.1) is 12.7 Å². The maximum Gasteiger partial charge on any atom is 0.222 e. The van der Waals surface area contributed by atoms with Gasteiger partial charge < -0.3 is 10.5 Å². The Morgan fingerprint density at radius 2 is 2.06 bits per heavy atom. The summed E-state index contributed by atoms with van der Waals surface area (Å²) in [6, 6.07) is 6.03. The Balaban J connectivity index is 2.27. The Kier molecular flexibility index (Phi) is 3.41. The Morgan fingerprint density at radius 3 is 2.72 bits per heavy atom. The summed E-state index contributed by atoms with van der Waals surface area (Å²) in [5.41, 5.74) is 6.37. The number of hydrogen-bond donors (Lipinski definition) is 1. The summed E-state index contributed by atoms with van der Waals surface area (Å²) >= 11 is 0. The smallest absolute Gasteiger partial charge is 0.222 e. The first-order chi connectivity index (χ1) is 8.58. The molecule has 18 heavy (non-hydrogen) atoms. The molecular formula is C13H14FN3O. The molecule has 4 nitrogen and oxygen atoms in total. The lowest BCUT2D eigenvalue weighted by atomic mass is 10.3. The highest BCUT2D eigenvalue weighted by Gasteiger charge is 2.05. The molecule has 5 heteroatoms. The van der Waals surface area contributed by atoms with E-state index in [-0.39, 0.29) is 5.69 Å². The maximum absolute atomic E-state index is 13.3. The van der Waals surface area contributed by atoms with Crippen LogP contribution in [0.4, 0.5) is 10.1 Å². The van der Waals surface area contributed by atoms with E-state index in [4.69, 9.17) is 10.5 Å². The average Bonchev–Trinajstić information content (AvgIpc) is 2.33. The highest BCUT2D eigenvalue weighted by atomic mass is 19.1. The molecule has 0 unspecified atom stereocenters. The van der Waals surface area contributed by atoms with Gasteiger partial charge in [-0.25, -0.2) is 9.37 Å². The van der Waals surface area contributed by atoms with E-state index in [1.165, 1.54) is 12.1 Å². The van der Waals surface area contributed by atoms with Crippen molar-refractivity contribution >= 4 is 5.69 Å². The lowest BCUT2D eigenvalue weighted by Crippen LogP contribution is -1.98. The lowest BCUT2D eigenvalue weighted by Gasteiger charge is -2.07. The molecule has 2 rings (SSSR count). The fourth-order valence-electron chi connectivity index (χ4n) is 1.52. The van der Waals surface area contributed by atoms with Gasteiger partial charge in [0.15, 0.2) is 0 Å². The molecule has 0 aliphatic rings. The molecule has 0 saturated carbocycles. The quantitative estimate of drug-likeness (QED) is 0.847. The lowest BCUT2D eigenvalue weighted by molar-refractivity contribution is 0.454. The van der Waals surface area contributed by atoms with Crippen LogP contribution in [0.2, 0.25) is 0 Å². The van der Waals surface area contributed by atoms with Gasteiger partial charge in [-0.3, -0.25) is 0 Å². The largest absolute Gasteiger partial charge is 0.439 e. The van der Waals surface area contributed by atoms with Gasteiger partial charge in [-0.05, 0) is 25.5 Å². The minimum Gasteiger partial charge on any atom is -0.439 e. The molecule has 1 aromatic heterocycles. The van der Waals surface area contributed by atoms with Gasteiger partial charge in [0.25, 0.3) is 0 Å². The topological polar surface area (TPSA) is 61.0 Å². The van der Waals surface area contributed by atoms with Gasteiger partial charge in [-0.2, -0.15) is 4.98 Å². The second kappa shape index (κ2) is 5.00. The van der Waals surface area contributed by atoms with Crippen molar-refractivity contribution in [2.75, 3.05) is 5.73 Å². The Bertz CT molecular complexity index is 572. The zero-order chi connectivity index (χ0) is 13.1. The summed E-state index contributed by atoms with van der Waals surface area (Å²) < 4.78 is 18.8. The minimum atomic E-state index is -0.506. The van der Waals surface area contributed by atoms with E-state index in [0.29, 0.717) is 17.5 Å². The zero-order valence-electron chi connectivity index (χ0n) is 10.3. The number of benzene rings is 1. The first-order valence-corrected chi connectivity index (χ1v) is 5.66. The molecule has 2 aromatic rings. The molecule has 0 atom stereocenters. The summed E-state index contributed by atoms with van der Waals surface area (Å²) in [6.07, 6.45) is 0.788. The molecule has 0 saturated heterocycles. The standard InChI is InChI=1S/C13H14FN3O/c1-3-9-6-13(17-8(2)16-9)18-10-4-5-12(15)11(14)7-10/h4-7H,3,15H2,1-2H3. The van der Waals surface area contributed by atoms with E-state index in [9.17, 15) is 4.39 Å². The highest BCUT2D eigenvalue weighted by molar-refractivity contribution is 5.44. The number of aryl methyl sites for hydroxylation is 2. The van der Waals surface area contributed by atoms with Crippen LogP contribution in [-0.4, -0.2) is 9.97 Å². The molecule has 94 valence electrons. The van der Waals surface area contributed by atoms with Gasteiger partial charge >= 0.3 is 0 Å². The van der Waals surface area contributed by atoms with Crippen LogP contribution in [0.25, 0.3) is 0 Å². The van der Waals surface area contributed by atoms with Gasteiger partial charge in [0, 0.05) is 17.8 Å². The molecule has 0 amide bonds. The number of ether oxygens (including phenoxy) is 1. The van der Waals surface area contributed by atoms with Crippen molar-refractivity contribution in [2.24, 2.45) is 0 Å². The van der Waals surface area contributed by atoms with Crippen molar-refractivity contribution < 1.29 is 9.13 Å². The average molecular weight is 247 g/mol. The van der Waals surface area contributed by atoms with Crippen LogP contribution in [0.15, 0.2) is 24.3 Å². The second-order valence-corrected chi connectivity index (χ2v) is 3.88. The molecule has 1 aromatic carbocycles. The maximum atomic E-state index is 13.3. The molecule has 0 aliphatic heterocycles. The SMILES string of the molecule is CCc1cc(Oc2ccc(N)c(F)c2)nc(C)n1. The number of hydrogen-bond acceptors (Lipinski definition) is 4. The molecule has 2 N–H and O–H groups in total. The normalized spacial score (nSPS) is 10.4. The van der Waals surface area contributed by atoms with Crippen LogP contribution in [0.5, 0.6) is 11.6 Å². The summed E-state index contributed by atoms with van der Waals surface area (Å²) in [6.45, 7) is 3.78. The molecule has 0 bridgehead atoms. The Hall–Kier alpha value is -2.17. The van der Waals surface area contributed by atoms with Crippen molar-refractivity contribution in [3.8, 4) is 11.6 Å². The first kappa shape index (κ1) is 12.3. The fourth-order valence-corrected chi connectivity index (χ4v) is 1.52. The van der Waals surface area contributed by atoms with Crippen LogP contribution in [0.3, 0.4) is 0 Å². The second-order valence-electron chi connectivity index (χ2n) is 3.88. The predicted molar refractivity (Wildman–Crippen MR) is 67.0 cm³/mol. The molecule has 0 aliphatic carbocycles. The number of halogens is 1. The summed E-state index contributed by atoms with van der Waals surface area (Å²) in [7, 11) is 0. The van der Waals surface area contributed by atoms with Crippen molar-refractivity contribution in [2.45, 2.75) is 20.3 Å². The number of nitrogens with zero attached hydrogens (tertiary/aromatic N) is 2. The van der Waals surface area contributed by atoms with Gasteiger partial charge in [0.2, 0.25) is 5.88 Å². The van der Waals surface area contributed by atoms with E-state index in [2.05, 4.69) is 9.97 Å². The summed E-state index contributed by atoms with van der Waals surface area (Å²) in [5, 5.41) is 0. The van der Waals surface area contributed by atoms with E-state index in [1.807, 2.05) is 6.92 Å². The fraction of sp³-hybridized carbons (Fsp3) is 0.231. The third kappa shape index (κ3) is 2.74. The van der Waals surface area contributed by atoms with Crippen LogP contribution < -0.4 is 10.5 Å². The van der Waals surface area contributed by atoms with Crippen molar-refractivity contribution in [1.29, 1.82) is 0 Å². The third-order valence-electron chi connectivity index (χ3n) is 2.42. The number of nitrogen functional groups attached to an aromatic ring is 1. The minimum absolute atomic E-state index is 0.0930. The van der Waals surface area contributed by atoms with Gasteiger partial charge in [0.1, 0.15) is 17.4 Å². The van der Waals surface area contributed by atoms with Gasteiger partial charge in [0.05, 0.1) is 5.69 Å². The highest BCUT2D eigenvalue weighted by Crippen LogP contribution is 2.23. The summed E-state index contributed by atoms with van der Waals surface area (Å²) in [4.78, 5) is 8.38. The zero-order valence-corrected chi connectivity index (χ0v) is 10.3. The van der Waals surface area contributed by atoms with Crippen molar-refractivity contribution in [1.82, 2.24) is 9.97 Å². The molecular weight excluding hydrogens is 233 g/mol. The van der Waals surface area contributed by atoms with Crippen LogP contribution in [-0.2, 0) is 6.42 Å². The van der Waals surface area contributed by atoms with Crippen molar-refractivity contribution in [3.63, 3.8) is 0 Å². The Labute approximate surface area is 105 Å². The van der Waals surface area contributed by atoms with Crippen molar-refractivity contribution in [3.05, 3.63) is 41.6 Å². The molecule has 0 spiro atoms. The van der Waals surface area contributed by atoms with E-state index < -0.39 is 5.82 Å². The van der Waals surface area contributed by atoms with Gasteiger partial charge in [-0.15, -0.1) is 0 Å². The van der Waals surface area contributed by atoms with E-state index >= 15 is 0 Å². The van der Waals surface area contributed by atoms with Gasteiger partial charge in [-0.1, -0.05) is 6.92 Å². The van der Waals surface area contributed by atoms with Crippen LogP contribution in [0.1, 0.15) is 18.4 Å². The first-order valence-electron chi connectivity index (χ1n) is 5.66. The van der Waals surface area contributed by atoms with Crippen LogP contribution >= 0.6 is 0 Å². The van der Waals surface area contributed by atoms with E-state index in [1.54, 1.807) is 19.1 Å². The van der Waals surface area contributed by atoms with E-state index in [0.717, 1.165) is 12.1 Å². The summed E-state index contributed by atoms with van der Waals surface area (Å²) in [5.74, 6) is 0.889. The number of anilines is 1. The number of rotatable bonds is 3. The molecule has 0 fully saturated rings.